The van der Waals surface area contributed by atoms with Crippen molar-refractivity contribution in [3.8, 4) is 0 Å². The molecular formula is C15H24IN3. The Bertz CT molecular complexity index is 422. The monoisotopic (exact) mass is 373 g/mol. The summed E-state index contributed by atoms with van der Waals surface area (Å²) in [7, 11) is 1.94. The van der Waals surface area contributed by atoms with Crippen molar-refractivity contribution in [3.05, 3.63) is 15.1 Å². The summed E-state index contributed by atoms with van der Waals surface area (Å²) in [5.41, 5.74) is 1.68. The molecular weight excluding hydrogens is 349 g/mol. The Morgan fingerprint density at radius 1 is 1.26 bits per heavy atom. The number of hydrogen-bond acceptors (Lipinski definition) is 3. The Labute approximate surface area is 130 Å². The summed E-state index contributed by atoms with van der Waals surface area (Å²) in [5, 5.41) is 3.21. The second-order valence-corrected chi connectivity index (χ2v) is 7.31. The fraction of sp³-hybridized carbons (Fsp3) is 0.733. The van der Waals surface area contributed by atoms with Crippen LogP contribution in [0.25, 0.3) is 0 Å². The number of nitrogens with one attached hydrogen (secondary N) is 1. The molecule has 0 amide bonds. The van der Waals surface area contributed by atoms with Crippen molar-refractivity contribution in [2.24, 2.45) is 5.41 Å². The van der Waals surface area contributed by atoms with Crippen LogP contribution in [0.5, 0.6) is 0 Å². The number of hydrogen-bond donors (Lipinski definition) is 1. The molecule has 0 bridgehead atoms. The van der Waals surface area contributed by atoms with Crippen LogP contribution in [-0.4, -0.2) is 17.0 Å². The van der Waals surface area contributed by atoms with Crippen molar-refractivity contribution in [2.45, 2.75) is 58.8 Å². The molecule has 0 aromatic carbocycles. The predicted molar refractivity (Wildman–Crippen MR) is 88.7 cm³/mol. The molecule has 1 aliphatic carbocycles. The number of anilines is 1. The molecule has 2 rings (SSSR count). The largest absolute Gasteiger partial charge is 0.372 e. The highest BCUT2D eigenvalue weighted by molar-refractivity contribution is 14.1. The van der Waals surface area contributed by atoms with Gasteiger partial charge in [0.25, 0.3) is 0 Å². The van der Waals surface area contributed by atoms with Crippen LogP contribution in [-0.2, 0) is 6.42 Å². The van der Waals surface area contributed by atoms with Gasteiger partial charge in [-0.3, -0.25) is 0 Å². The molecule has 1 fully saturated rings. The maximum atomic E-state index is 4.81. The Morgan fingerprint density at radius 2 is 1.89 bits per heavy atom. The number of rotatable bonds is 3. The molecule has 3 nitrogen and oxygen atoms in total. The van der Waals surface area contributed by atoms with Crippen LogP contribution in [0, 0.1) is 8.99 Å². The molecule has 19 heavy (non-hydrogen) atoms. The van der Waals surface area contributed by atoms with Gasteiger partial charge in [0.15, 0.2) is 0 Å². The number of halogens is 1. The van der Waals surface area contributed by atoms with Crippen LogP contribution in [0.3, 0.4) is 0 Å². The smallest absolute Gasteiger partial charge is 0.143 e. The Kier molecular flexibility index (Phi) is 4.69. The molecule has 0 aliphatic heterocycles. The topological polar surface area (TPSA) is 37.8 Å². The Balaban J connectivity index is 2.25. The van der Waals surface area contributed by atoms with E-state index in [-0.39, 0.29) is 0 Å². The summed E-state index contributed by atoms with van der Waals surface area (Å²) in [4.78, 5) is 9.55. The average molecular weight is 373 g/mol. The maximum absolute atomic E-state index is 4.81. The predicted octanol–water partition coefficient (Wildman–Crippen LogP) is 4.37. The van der Waals surface area contributed by atoms with Gasteiger partial charge >= 0.3 is 0 Å². The second kappa shape index (κ2) is 5.94. The van der Waals surface area contributed by atoms with Gasteiger partial charge in [-0.15, -0.1) is 0 Å². The first kappa shape index (κ1) is 15.0. The molecule has 1 saturated carbocycles. The zero-order valence-corrected chi connectivity index (χ0v) is 14.5. The van der Waals surface area contributed by atoms with Gasteiger partial charge in [-0.2, -0.15) is 0 Å². The van der Waals surface area contributed by atoms with E-state index < -0.39 is 0 Å². The molecule has 1 aliphatic rings. The quantitative estimate of drug-likeness (QED) is 0.800. The minimum atomic E-state index is 0.499. The van der Waals surface area contributed by atoms with Crippen LogP contribution in [0.4, 0.5) is 5.82 Å². The van der Waals surface area contributed by atoms with E-state index in [1.54, 1.807) is 0 Å². The van der Waals surface area contributed by atoms with E-state index in [0.717, 1.165) is 18.1 Å². The third kappa shape index (κ3) is 3.38. The molecule has 106 valence electrons. The fourth-order valence-corrected chi connectivity index (χ4v) is 3.64. The highest BCUT2D eigenvalue weighted by Crippen LogP contribution is 2.41. The number of nitrogens with zero attached hydrogens (tertiary/aromatic N) is 2. The fourth-order valence-electron chi connectivity index (χ4n) is 2.75. The van der Waals surface area contributed by atoms with Gasteiger partial charge < -0.3 is 5.32 Å². The zero-order valence-electron chi connectivity index (χ0n) is 12.4. The minimum absolute atomic E-state index is 0.499. The van der Waals surface area contributed by atoms with E-state index >= 15 is 0 Å². The Hall–Kier alpha value is -0.390. The van der Waals surface area contributed by atoms with Gasteiger partial charge in [0.05, 0.1) is 9.26 Å². The van der Waals surface area contributed by atoms with Crippen molar-refractivity contribution in [3.63, 3.8) is 0 Å². The lowest BCUT2D eigenvalue weighted by atomic mass is 9.73. The van der Waals surface area contributed by atoms with Crippen molar-refractivity contribution < 1.29 is 0 Å². The summed E-state index contributed by atoms with van der Waals surface area (Å²) < 4.78 is 1.17. The van der Waals surface area contributed by atoms with E-state index in [1.807, 2.05) is 7.05 Å². The van der Waals surface area contributed by atoms with E-state index in [0.29, 0.717) is 11.3 Å². The van der Waals surface area contributed by atoms with E-state index in [4.69, 9.17) is 9.97 Å². The van der Waals surface area contributed by atoms with Gasteiger partial charge in [0.1, 0.15) is 11.6 Å². The van der Waals surface area contributed by atoms with Gasteiger partial charge in [-0.25, -0.2) is 9.97 Å². The molecule has 0 radical (unpaired) electrons. The molecule has 1 aromatic rings. The number of aromatic nitrogens is 2. The zero-order chi connectivity index (χ0) is 14.0. The van der Waals surface area contributed by atoms with Crippen LogP contribution in [0.15, 0.2) is 0 Å². The van der Waals surface area contributed by atoms with E-state index in [9.17, 15) is 0 Å². The first-order chi connectivity index (χ1) is 8.96. The third-order valence-electron chi connectivity index (χ3n) is 4.21. The van der Waals surface area contributed by atoms with Crippen LogP contribution < -0.4 is 5.32 Å². The summed E-state index contributed by atoms with van der Waals surface area (Å²) in [5.74, 6) is 2.59. The molecule has 0 unspecified atom stereocenters. The van der Waals surface area contributed by atoms with Crippen LogP contribution in [0.1, 0.15) is 63.9 Å². The number of aryl methyl sites for hydroxylation is 1. The lowest BCUT2D eigenvalue weighted by Crippen LogP contribution is -2.22. The minimum Gasteiger partial charge on any atom is -0.372 e. The summed E-state index contributed by atoms with van der Waals surface area (Å²) >= 11 is 2.35. The molecule has 1 heterocycles. The lowest BCUT2D eigenvalue weighted by molar-refractivity contribution is 0.220. The van der Waals surface area contributed by atoms with Crippen LogP contribution in [0.2, 0.25) is 0 Å². The van der Waals surface area contributed by atoms with Crippen molar-refractivity contribution >= 4 is 28.4 Å². The maximum Gasteiger partial charge on any atom is 0.143 e. The summed E-state index contributed by atoms with van der Waals surface area (Å²) in [6.45, 7) is 6.90. The highest BCUT2D eigenvalue weighted by atomic mass is 127. The van der Waals surface area contributed by atoms with Gasteiger partial charge in [0, 0.05) is 13.0 Å². The third-order valence-corrected chi connectivity index (χ3v) is 5.35. The normalized spacial score (nSPS) is 19.4. The second-order valence-electron chi connectivity index (χ2n) is 6.23. The summed E-state index contributed by atoms with van der Waals surface area (Å²) in [6.07, 6.45) is 5.98. The first-order valence-corrected chi connectivity index (χ1v) is 8.29. The van der Waals surface area contributed by atoms with Gasteiger partial charge in [0.2, 0.25) is 0 Å². The molecule has 4 heteroatoms. The van der Waals surface area contributed by atoms with Crippen molar-refractivity contribution in [1.82, 2.24) is 9.97 Å². The molecule has 1 N–H and O–H groups in total. The van der Waals surface area contributed by atoms with Gasteiger partial charge in [-0.05, 0) is 60.1 Å². The highest BCUT2D eigenvalue weighted by Gasteiger charge is 2.29. The lowest BCUT2D eigenvalue weighted by Gasteiger charge is -2.33. The Morgan fingerprint density at radius 3 is 2.42 bits per heavy atom. The van der Waals surface area contributed by atoms with Crippen LogP contribution >= 0.6 is 22.6 Å². The van der Waals surface area contributed by atoms with E-state index in [1.165, 1.54) is 34.9 Å². The SMILES string of the molecule is CCc1nc(C2CCC(C)(C)CC2)nc(NC)c1I. The molecule has 0 spiro atoms. The summed E-state index contributed by atoms with van der Waals surface area (Å²) in [6, 6.07) is 0. The van der Waals surface area contributed by atoms with Gasteiger partial charge in [-0.1, -0.05) is 20.8 Å². The standard InChI is InChI=1S/C15H24IN3/c1-5-11-12(16)14(17-4)19-13(18-11)10-6-8-15(2,3)9-7-10/h10H,5-9H2,1-4H3,(H,17,18,19). The van der Waals surface area contributed by atoms with Crippen molar-refractivity contribution in [1.29, 1.82) is 0 Å². The molecule has 0 saturated heterocycles. The average Bonchev–Trinajstić information content (AvgIpc) is 2.39. The first-order valence-electron chi connectivity index (χ1n) is 7.21. The molecule has 0 atom stereocenters. The van der Waals surface area contributed by atoms with Crippen molar-refractivity contribution in [2.75, 3.05) is 12.4 Å². The molecule has 1 aromatic heterocycles. The van der Waals surface area contributed by atoms with E-state index in [2.05, 4.69) is 48.7 Å².